The predicted octanol–water partition coefficient (Wildman–Crippen LogP) is 3.59. The van der Waals surface area contributed by atoms with Gasteiger partial charge < -0.3 is 10.4 Å². The quantitative estimate of drug-likeness (QED) is 0.851. The molecule has 1 amide bonds. The number of nitrogens with zero attached hydrogens (tertiary/aromatic N) is 1. The molecule has 1 aromatic heterocycles. The maximum atomic E-state index is 12.9. The van der Waals surface area contributed by atoms with Crippen molar-refractivity contribution in [3.05, 3.63) is 65.2 Å². The largest absolute Gasteiger partial charge is 0.388 e. The molecule has 2 aromatic rings. The van der Waals surface area contributed by atoms with Crippen molar-refractivity contribution < 1.29 is 14.3 Å². The van der Waals surface area contributed by atoms with Gasteiger partial charge in [-0.05, 0) is 49.1 Å². The summed E-state index contributed by atoms with van der Waals surface area (Å²) in [5, 5.41) is 13.0. The average Bonchev–Trinajstić information content (AvgIpc) is 2.55. The van der Waals surface area contributed by atoms with Crippen molar-refractivity contribution in [2.24, 2.45) is 0 Å². The topological polar surface area (TPSA) is 62.2 Å². The fourth-order valence-electron chi connectivity index (χ4n) is 2.40. The number of aliphatic hydroxyl groups excluding tert-OH is 1. The molecule has 2 N–H and O–H groups in total. The Kier molecular flexibility index (Phi) is 6.04. The molecule has 5 heteroatoms. The fraction of sp³-hybridized carbons (Fsp3) is 0.368. The molecule has 128 valence electrons. The van der Waals surface area contributed by atoms with E-state index >= 15 is 0 Å². The number of aliphatic hydroxyl groups is 1. The van der Waals surface area contributed by atoms with Gasteiger partial charge in [0.05, 0.1) is 11.7 Å². The van der Waals surface area contributed by atoms with E-state index in [-0.39, 0.29) is 17.8 Å². The molecule has 0 fully saturated rings. The number of pyridine rings is 1. The van der Waals surface area contributed by atoms with Crippen molar-refractivity contribution in [3.8, 4) is 0 Å². The highest BCUT2D eigenvalue weighted by molar-refractivity contribution is 5.94. The highest BCUT2D eigenvalue weighted by Gasteiger charge is 2.16. The average molecular weight is 330 g/mol. The van der Waals surface area contributed by atoms with Gasteiger partial charge in [0.1, 0.15) is 5.82 Å². The number of rotatable bonds is 6. The molecule has 2 rings (SSSR count). The van der Waals surface area contributed by atoms with E-state index in [2.05, 4.69) is 10.3 Å². The molecule has 0 radical (unpaired) electrons. The molecule has 0 saturated carbocycles. The van der Waals surface area contributed by atoms with Gasteiger partial charge in [-0.25, -0.2) is 4.39 Å². The molecule has 24 heavy (non-hydrogen) atoms. The SMILES string of the molecule is CC(CC(O)c1ccc(F)cc1)NC(=O)c1ccc(C(C)C)nc1. The standard InChI is InChI=1S/C19H23FN2O2/c1-12(2)17-9-6-15(11-21-17)19(24)22-13(3)10-18(23)14-4-7-16(20)8-5-14/h4-9,11-13,18,23H,10H2,1-3H3,(H,22,24). The summed E-state index contributed by atoms with van der Waals surface area (Å²) in [5.74, 6) is -0.256. The molecule has 0 aliphatic rings. The van der Waals surface area contributed by atoms with Crippen LogP contribution in [0.15, 0.2) is 42.6 Å². The van der Waals surface area contributed by atoms with E-state index in [0.29, 0.717) is 23.5 Å². The monoisotopic (exact) mass is 330 g/mol. The summed E-state index contributed by atoms with van der Waals surface area (Å²) < 4.78 is 12.9. The third-order valence-electron chi connectivity index (χ3n) is 3.85. The second-order valence-corrected chi connectivity index (χ2v) is 6.30. The van der Waals surface area contributed by atoms with E-state index < -0.39 is 6.10 Å². The lowest BCUT2D eigenvalue weighted by atomic mass is 10.0. The third-order valence-corrected chi connectivity index (χ3v) is 3.85. The smallest absolute Gasteiger partial charge is 0.253 e. The van der Waals surface area contributed by atoms with Crippen molar-refractivity contribution in [1.82, 2.24) is 10.3 Å². The van der Waals surface area contributed by atoms with Crippen LogP contribution in [0.2, 0.25) is 0 Å². The van der Waals surface area contributed by atoms with Gasteiger partial charge in [-0.1, -0.05) is 26.0 Å². The van der Waals surface area contributed by atoms with Crippen LogP contribution in [-0.2, 0) is 0 Å². The lowest BCUT2D eigenvalue weighted by molar-refractivity contribution is 0.0916. The highest BCUT2D eigenvalue weighted by atomic mass is 19.1. The third kappa shape index (κ3) is 4.86. The lowest BCUT2D eigenvalue weighted by Gasteiger charge is -2.18. The van der Waals surface area contributed by atoms with Crippen LogP contribution in [0.5, 0.6) is 0 Å². The molecule has 1 heterocycles. The summed E-state index contributed by atoms with van der Waals surface area (Å²) in [4.78, 5) is 16.5. The van der Waals surface area contributed by atoms with Crippen molar-refractivity contribution in [3.63, 3.8) is 0 Å². The number of hydrogen-bond acceptors (Lipinski definition) is 3. The molecule has 0 spiro atoms. The van der Waals surface area contributed by atoms with E-state index in [4.69, 9.17) is 0 Å². The number of halogens is 1. The van der Waals surface area contributed by atoms with Crippen LogP contribution in [0.4, 0.5) is 4.39 Å². The Morgan fingerprint density at radius 3 is 2.38 bits per heavy atom. The Labute approximate surface area is 141 Å². The zero-order valence-electron chi connectivity index (χ0n) is 14.2. The van der Waals surface area contributed by atoms with Crippen molar-refractivity contribution in [1.29, 1.82) is 0 Å². The fourth-order valence-corrected chi connectivity index (χ4v) is 2.40. The van der Waals surface area contributed by atoms with Gasteiger partial charge in [0.2, 0.25) is 0 Å². The van der Waals surface area contributed by atoms with Crippen LogP contribution in [0.1, 0.15) is 60.8 Å². The van der Waals surface area contributed by atoms with Gasteiger partial charge in [0.15, 0.2) is 0 Å². The van der Waals surface area contributed by atoms with Gasteiger partial charge in [-0.2, -0.15) is 0 Å². The molecular formula is C19H23FN2O2. The Morgan fingerprint density at radius 2 is 1.83 bits per heavy atom. The van der Waals surface area contributed by atoms with Crippen molar-refractivity contribution in [2.75, 3.05) is 0 Å². The minimum Gasteiger partial charge on any atom is -0.388 e. The Balaban J connectivity index is 1.92. The minimum absolute atomic E-state index is 0.225. The summed E-state index contributed by atoms with van der Waals surface area (Å²) >= 11 is 0. The number of aromatic nitrogens is 1. The molecule has 2 atom stereocenters. The highest BCUT2D eigenvalue weighted by Crippen LogP contribution is 2.19. The summed E-state index contributed by atoms with van der Waals surface area (Å²) in [6.07, 6.45) is 1.14. The van der Waals surface area contributed by atoms with Crippen LogP contribution >= 0.6 is 0 Å². The summed E-state index contributed by atoms with van der Waals surface area (Å²) in [5.41, 5.74) is 2.05. The normalized spacial score (nSPS) is 13.6. The van der Waals surface area contributed by atoms with E-state index in [0.717, 1.165) is 5.69 Å². The van der Waals surface area contributed by atoms with Crippen LogP contribution in [0, 0.1) is 5.82 Å². The lowest BCUT2D eigenvalue weighted by Crippen LogP contribution is -2.33. The first kappa shape index (κ1) is 18.1. The van der Waals surface area contributed by atoms with E-state index in [1.807, 2.05) is 26.8 Å². The van der Waals surface area contributed by atoms with E-state index in [1.54, 1.807) is 24.4 Å². The first-order chi connectivity index (χ1) is 11.4. The predicted molar refractivity (Wildman–Crippen MR) is 91.2 cm³/mol. The molecule has 0 saturated heterocycles. The number of nitrogens with one attached hydrogen (secondary N) is 1. The maximum absolute atomic E-state index is 12.9. The number of benzene rings is 1. The number of carbonyl (C=O) groups excluding carboxylic acids is 1. The van der Waals surface area contributed by atoms with Gasteiger partial charge in [0.25, 0.3) is 5.91 Å². The minimum atomic E-state index is -0.762. The second kappa shape index (κ2) is 8.02. The Bertz CT molecular complexity index is 669. The maximum Gasteiger partial charge on any atom is 0.253 e. The van der Waals surface area contributed by atoms with Crippen molar-refractivity contribution >= 4 is 5.91 Å². The molecule has 0 bridgehead atoms. The van der Waals surface area contributed by atoms with Crippen LogP contribution in [-0.4, -0.2) is 22.0 Å². The number of hydrogen-bond donors (Lipinski definition) is 2. The summed E-state index contributed by atoms with van der Waals surface area (Å²) in [6.45, 7) is 5.91. The van der Waals surface area contributed by atoms with Crippen LogP contribution in [0.25, 0.3) is 0 Å². The first-order valence-corrected chi connectivity index (χ1v) is 8.07. The molecule has 4 nitrogen and oxygen atoms in total. The van der Waals surface area contributed by atoms with Crippen LogP contribution in [0.3, 0.4) is 0 Å². The zero-order chi connectivity index (χ0) is 17.7. The van der Waals surface area contributed by atoms with Crippen molar-refractivity contribution in [2.45, 2.75) is 45.3 Å². The molecule has 0 aliphatic heterocycles. The van der Waals surface area contributed by atoms with Gasteiger partial charge in [0, 0.05) is 17.9 Å². The summed E-state index contributed by atoms with van der Waals surface area (Å²) in [6, 6.07) is 9.07. The van der Waals surface area contributed by atoms with Gasteiger partial charge in [-0.3, -0.25) is 9.78 Å². The van der Waals surface area contributed by atoms with Gasteiger partial charge in [-0.15, -0.1) is 0 Å². The molecule has 0 aliphatic carbocycles. The molecular weight excluding hydrogens is 307 g/mol. The Hall–Kier alpha value is -2.27. The van der Waals surface area contributed by atoms with E-state index in [1.165, 1.54) is 12.1 Å². The zero-order valence-corrected chi connectivity index (χ0v) is 14.2. The molecule has 1 aromatic carbocycles. The second-order valence-electron chi connectivity index (χ2n) is 6.30. The summed E-state index contributed by atoms with van der Waals surface area (Å²) in [7, 11) is 0. The number of carbonyl (C=O) groups is 1. The van der Waals surface area contributed by atoms with Crippen LogP contribution < -0.4 is 5.32 Å². The number of amides is 1. The first-order valence-electron chi connectivity index (χ1n) is 8.07. The van der Waals surface area contributed by atoms with E-state index in [9.17, 15) is 14.3 Å². The molecule has 2 unspecified atom stereocenters. The van der Waals surface area contributed by atoms with Gasteiger partial charge >= 0.3 is 0 Å². The Morgan fingerprint density at radius 1 is 1.17 bits per heavy atom.